The number of halogens is 1. The molecule has 1 aliphatic heterocycles. The zero-order valence-electron chi connectivity index (χ0n) is 23.9. The Morgan fingerprint density at radius 2 is 1.76 bits per heavy atom. The van der Waals surface area contributed by atoms with Crippen molar-refractivity contribution in [2.24, 2.45) is 5.92 Å². The molecular formula is C31H39FN8O. The molecule has 0 bridgehead atoms. The molecule has 2 aromatic heterocycles. The van der Waals surface area contributed by atoms with E-state index in [4.69, 9.17) is 15.0 Å². The lowest BCUT2D eigenvalue weighted by atomic mass is 9.99. The molecule has 0 aliphatic carbocycles. The van der Waals surface area contributed by atoms with Crippen LogP contribution < -0.4 is 15.5 Å². The maximum atomic E-state index is 13.2. The van der Waals surface area contributed by atoms with Gasteiger partial charge >= 0.3 is 6.03 Å². The van der Waals surface area contributed by atoms with Crippen LogP contribution in [0.4, 0.5) is 26.6 Å². The molecule has 1 fully saturated rings. The fourth-order valence-corrected chi connectivity index (χ4v) is 5.12. The van der Waals surface area contributed by atoms with Gasteiger partial charge in [-0.3, -0.25) is 0 Å². The maximum Gasteiger partial charge on any atom is 0.321 e. The van der Waals surface area contributed by atoms with Gasteiger partial charge in [0.25, 0.3) is 0 Å². The van der Waals surface area contributed by atoms with Crippen molar-refractivity contribution >= 4 is 34.6 Å². The van der Waals surface area contributed by atoms with Crippen LogP contribution in [0.2, 0.25) is 0 Å². The van der Waals surface area contributed by atoms with Crippen LogP contribution >= 0.6 is 0 Å². The van der Waals surface area contributed by atoms with Crippen molar-refractivity contribution in [1.29, 1.82) is 0 Å². The fourth-order valence-electron chi connectivity index (χ4n) is 5.12. The van der Waals surface area contributed by atoms with Gasteiger partial charge in [0.15, 0.2) is 17.0 Å². The summed E-state index contributed by atoms with van der Waals surface area (Å²) in [7, 11) is 0. The van der Waals surface area contributed by atoms with Gasteiger partial charge in [0.05, 0.1) is 12.9 Å². The summed E-state index contributed by atoms with van der Waals surface area (Å²) in [6.07, 6.45) is 6.54. The number of nitrogens with one attached hydrogen (secondary N) is 2. The molecule has 1 atom stereocenters. The number of fused-ring (bicyclic) bond motifs is 1. The van der Waals surface area contributed by atoms with Gasteiger partial charge in [0.1, 0.15) is 5.82 Å². The van der Waals surface area contributed by atoms with Crippen molar-refractivity contribution in [3.05, 3.63) is 72.3 Å². The number of nitrogens with zero attached hydrogens (tertiary/aromatic N) is 6. The van der Waals surface area contributed by atoms with Crippen molar-refractivity contribution < 1.29 is 9.18 Å². The van der Waals surface area contributed by atoms with Crippen LogP contribution in [0.25, 0.3) is 11.2 Å². The zero-order valence-corrected chi connectivity index (χ0v) is 23.9. The van der Waals surface area contributed by atoms with E-state index in [1.54, 1.807) is 17.0 Å². The molecular weight excluding hydrogens is 519 g/mol. The molecule has 41 heavy (non-hydrogen) atoms. The molecule has 216 valence electrons. The Morgan fingerprint density at radius 3 is 2.46 bits per heavy atom. The number of unbranched alkanes of at least 4 members (excludes halogenated alkanes) is 1. The van der Waals surface area contributed by atoms with E-state index in [0.29, 0.717) is 50.3 Å². The second-order valence-corrected chi connectivity index (χ2v) is 10.6. The van der Waals surface area contributed by atoms with Crippen molar-refractivity contribution in [1.82, 2.24) is 24.4 Å². The second kappa shape index (κ2) is 13.4. The Hall–Kier alpha value is -4.21. The zero-order chi connectivity index (χ0) is 28.6. The van der Waals surface area contributed by atoms with Crippen LogP contribution in [0, 0.1) is 11.7 Å². The second-order valence-electron chi connectivity index (χ2n) is 10.6. The molecule has 0 radical (unpaired) electrons. The molecule has 2 aromatic carbocycles. The van der Waals surface area contributed by atoms with Gasteiger partial charge in [-0.15, -0.1) is 0 Å². The maximum absolute atomic E-state index is 13.2. The summed E-state index contributed by atoms with van der Waals surface area (Å²) in [4.78, 5) is 31.3. The number of piperazine rings is 1. The minimum Gasteiger partial charge on any atom is -0.368 e. The number of carbonyl (C=O) groups excluding carboxylic acids is 1. The highest BCUT2D eigenvalue weighted by Gasteiger charge is 2.25. The molecule has 9 nitrogen and oxygen atoms in total. The number of urea groups is 1. The Bertz CT molecular complexity index is 1420. The Labute approximate surface area is 240 Å². The summed E-state index contributed by atoms with van der Waals surface area (Å²) >= 11 is 0. The van der Waals surface area contributed by atoms with E-state index in [9.17, 15) is 9.18 Å². The number of imidazole rings is 1. The highest BCUT2D eigenvalue weighted by Crippen LogP contribution is 2.25. The molecule has 1 aliphatic rings. The molecule has 10 heteroatoms. The van der Waals surface area contributed by atoms with E-state index >= 15 is 0 Å². The van der Waals surface area contributed by atoms with E-state index < -0.39 is 0 Å². The summed E-state index contributed by atoms with van der Waals surface area (Å²) in [5.74, 6) is 1.62. The number of carbonyl (C=O) groups is 1. The molecule has 2 amide bonds. The monoisotopic (exact) mass is 558 g/mol. The van der Waals surface area contributed by atoms with Crippen molar-refractivity contribution in [2.45, 2.75) is 46.1 Å². The number of hydrogen-bond acceptors (Lipinski definition) is 6. The number of benzene rings is 2. The SMILES string of the molecule is CCCCC(CC)CNc1nc(N2CCN(C(=O)Nc3ccc(F)cc3)CC2)nc2c1ncn2Cc1ccccc1. The minimum absolute atomic E-state index is 0.200. The molecule has 3 heterocycles. The summed E-state index contributed by atoms with van der Waals surface area (Å²) < 4.78 is 15.3. The van der Waals surface area contributed by atoms with Crippen molar-refractivity contribution in [3.63, 3.8) is 0 Å². The summed E-state index contributed by atoms with van der Waals surface area (Å²) in [5.41, 5.74) is 3.30. The van der Waals surface area contributed by atoms with Crippen molar-refractivity contribution in [3.8, 4) is 0 Å². The van der Waals surface area contributed by atoms with E-state index in [2.05, 4.69) is 46.1 Å². The summed E-state index contributed by atoms with van der Waals surface area (Å²) in [6, 6.07) is 15.9. The molecule has 2 N–H and O–H groups in total. The van der Waals surface area contributed by atoms with Gasteiger partial charge in [0, 0.05) is 38.4 Å². The predicted octanol–water partition coefficient (Wildman–Crippen LogP) is 6.00. The van der Waals surface area contributed by atoms with E-state index in [1.807, 2.05) is 24.5 Å². The lowest BCUT2D eigenvalue weighted by Gasteiger charge is -2.34. The first-order valence-electron chi connectivity index (χ1n) is 14.6. The molecule has 5 rings (SSSR count). The van der Waals surface area contributed by atoms with Crippen LogP contribution in [0.1, 0.15) is 45.1 Å². The Kier molecular flexibility index (Phi) is 9.28. The average molecular weight is 559 g/mol. The average Bonchev–Trinajstić information content (AvgIpc) is 3.41. The quantitative estimate of drug-likeness (QED) is 0.235. The van der Waals surface area contributed by atoms with E-state index in [1.165, 1.54) is 37.0 Å². The summed E-state index contributed by atoms with van der Waals surface area (Å²) in [6.45, 7) is 8.22. The number of amides is 2. The van der Waals surface area contributed by atoms with E-state index in [0.717, 1.165) is 29.9 Å². The van der Waals surface area contributed by atoms with Crippen molar-refractivity contribution in [2.75, 3.05) is 48.3 Å². The van der Waals surface area contributed by atoms with Gasteiger partial charge in [-0.25, -0.2) is 14.2 Å². The van der Waals surface area contributed by atoms with Gasteiger partial charge in [-0.05, 0) is 42.2 Å². The molecule has 4 aromatic rings. The minimum atomic E-state index is -0.335. The predicted molar refractivity (Wildman–Crippen MR) is 162 cm³/mol. The van der Waals surface area contributed by atoms with Crippen LogP contribution in [-0.2, 0) is 6.54 Å². The highest BCUT2D eigenvalue weighted by molar-refractivity contribution is 5.89. The highest BCUT2D eigenvalue weighted by atomic mass is 19.1. The smallest absolute Gasteiger partial charge is 0.321 e. The third kappa shape index (κ3) is 7.11. The van der Waals surface area contributed by atoms with Gasteiger partial charge in [0.2, 0.25) is 5.95 Å². The van der Waals surface area contributed by atoms with E-state index in [-0.39, 0.29) is 11.8 Å². The standard InChI is InChI=1S/C31H39FN8O/c1-3-5-9-23(4-2)20-33-28-27-29(40(22-34-27)21-24-10-7-6-8-11-24)37-30(36-28)38-16-18-39(19-17-38)31(41)35-26-14-12-25(32)13-15-26/h6-8,10-15,22-23H,3-5,9,16-21H2,1-2H3,(H,35,41)(H,33,36,37). The summed E-state index contributed by atoms with van der Waals surface area (Å²) in [5, 5.41) is 6.46. The number of anilines is 3. The van der Waals surface area contributed by atoms with Gasteiger partial charge in [-0.1, -0.05) is 63.4 Å². The van der Waals surface area contributed by atoms with Gasteiger partial charge < -0.3 is 25.0 Å². The normalized spacial score (nSPS) is 14.3. The molecule has 1 saturated heterocycles. The molecule has 0 spiro atoms. The van der Waals surface area contributed by atoms with Crippen LogP contribution in [0.3, 0.4) is 0 Å². The first-order valence-corrected chi connectivity index (χ1v) is 14.6. The lowest BCUT2D eigenvalue weighted by Crippen LogP contribution is -2.50. The first-order chi connectivity index (χ1) is 20.0. The molecule has 0 saturated carbocycles. The van der Waals surface area contributed by atoms with Gasteiger partial charge in [-0.2, -0.15) is 9.97 Å². The van der Waals surface area contributed by atoms with Crippen LogP contribution in [0.15, 0.2) is 60.9 Å². The number of rotatable bonds is 11. The molecule has 1 unspecified atom stereocenters. The Balaban J connectivity index is 1.34. The Morgan fingerprint density at radius 1 is 1.00 bits per heavy atom. The largest absolute Gasteiger partial charge is 0.368 e. The topological polar surface area (TPSA) is 91.2 Å². The third-order valence-corrected chi connectivity index (χ3v) is 7.69. The number of hydrogen-bond donors (Lipinski definition) is 2. The van der Waals surface area contributed by atoms with Crippen LogP contribution in [0.5, 0.6) is 0 Å². The first kappa shape index (κ1) is 28.3. The fraction of sp³-hybridized carbons (Fsp3) is 0.419. The lowest BCUT2D eigenvalue weighted by molar-refractivity contribution is 0.208. The number of aromatic nitrogens is 4. The third-order valence-electron chi connectivity index (χ3n) is 7.69. The van der Waals surface area contributed by atoms with Crippen LogP contribution in [-0.4, -0.2) is 63.2 Å².